The zero-order valence-electron chi connectivity index (χ0n) is 13.4. The fourth-order valence-corrected chi connectivity index (χ4v) is 1.32. The first-order valence-electron chi connectivity index (χ1n) is 7.45. The van der Waals surface area contributed by atoms with Crippen LogP contribution in [0, 0.1) is 5.92 Å². The molecule has 5 heteroatoms. The zero-order chi connectivity index (χ0) is 15.2. The smallest absolute Gasteiger partial charge is 0.305 e. The summed E-state index contributed by atoms with van der Waals surface area (Å²) in [6.45, 7) is 11.4. The second-order valence-electron chi connectivity index (χ2n) is 5.32. The molecule has 0 aliphatic heterocycles. The average Bonchev–Trinajstić information content (AvgIpc) is 2.38. The summed E-state index contributed by atoms with van der Waals surface area (Å²) in [4.78, 5) is 11.3. The van der Waals surface area contributed by atoms with Gasteiger partial charge in [0, 0.05) is 13.0 Å². The molecule has 0 radical (unpaired) electrons. The lowest BCUT2D eigenvalue weighted by molar-refractivity contribution is -0.145. The standard InChI is InChI=1S/C15H30O5/c1-13(2)12-20-15(16)6-5-7-17-8-9-18-10-11-19-14(3)4/h13-14H,5-12H2,1-4H3. The number of hydrogen-bond donors (Lipinski definition) is 0. The third-order valence-corrected chi connectivity index (χ3v) is 2.30. The van der Waals surface area contributed by atoms with Gasteiger partial charge in [-0.05, 0) is 26.2 Å². The first-order valence-corrected chi connectivity index (χ1v) is 7.45. The first kappa shape index (κ1) is 19.4. The van der Waals surface area contributed by atoms with Crippen LogP contribution in [0.3, 0.4) is 0 Å². The normalized spacial score (nSPS) is 11.3. The van der Waals surface area contributed by atoms with Crippen LogP contribution in [0.5, 0.6) is 0 Å². The fourth-order valence-electron chi connectivity index (χ4n) is 1.32. The highest BCUT2D eigenvalue weighted by molar-refractivity contribution is 5.69. The third kappa shape index (κ3) is 15.4. The lowest BCUT2D eigenvalue weighted by Crippen LogP contribution is -2.13. The number of carbonyl (C=O) groups is 1. The van der Waals surface area contributed by atoms with Gasteiger partial charge in [0.15, 0.2) is 0 Å². The molecule has 0 aromatic rings. The van der Waals surface area contributed by atoms with Crippen LogP contribution in [-0.4, -0.2) is 51.7 Å². The summed E-state index contributed by atoms with van der Waals surface area (Å²) in [6.07, 6.45) is 1.34. The van der Waals surface area contributed by atoms with Crippen molar-refractivity contribution in [2.75, 3.05) is 39.6 Å². The van der Waals surface area contributed by atoms with Crippen LogP contribution in [0.2, 0.25) is 0 Å². The highest BCUT2D eigenvalue weighted by Gasteiger charge is 2.03. The second-order valence-corrected chi connectivity index (χ2v) is 5.32. The van der Waals surface area contributed by atoms with E-state index in [2.05, 4.69) is 0 Å². The molecule has 0 rings (SSSR count). The molecule has 0 saturated heterocycles. The Morgan fingerprint density at radius 3 is 2.10 bits per heavy atom. The maximum Gasteiger partial charge on any atom is 0.305 e. The van der Waals surface area contributed by atoms with E-state index in [-0.39, 0.29) is 12.1 Å². The Bertz CT molecular complexity index is 228. The van der Waals surface area contributed by atoms with E-state index >= 15 is 0 Å². The molecule has 0 amide bonds. The number of ether oxygens (including phenoxy) is 4. The van der Waals surface area contributed by atoms with Crippen LogP contribution >= 0.6 is 0 Å². The molecule has 0 heterocycles. The molecule has 0 unspecified atom stereocenters. The first-order chi connectivity index (χ1) is 9.52. The van der Waals surface area contributed by atoms with Gasteiger partial charge in [-0.1, -0.05) is 13.8 Å². The van der Waals surface area contributed by atoms with Gasteiger partial charge in [0.05, 0.1) is 39.1 Å². The molecule has 0 saturated carbocycles. The van der Waals surface area contributed by atoms with Crippen molar-refractivity contribution in [3.63, 3.8) is 0 Å². The van der Waals surface area contributed by atoms with Gasteiger partial charge in [-0.2, -0.15) is 0 Å². The monoisotopic (exact) mass is 290 g/mol. The molecular weight excluding hydrogens is 260 g/mol. The zero-order valence-corrected chi connectivity index (χ0v) is 13.4. The van der Waals surface area contributed by atoms with Crippen molar-refractivity contribution in [2.24, 2.45) is 5.92 Å². The SMILES string of the molecule is CC(C)COC(=O)CCCOCCOCCOC(C)C. The van der Waals surface area contributed by atoms with Crippen molar-refractivity contribution >= 4 is 5.97 Å². The Hall–Kier alpha value is -0.650. The van der Waals surface area contributed by atoms with E-state index < -0.39 is 0 Å². The summed E-state index contributed by atoms with van der Waals surface area (Å²) in [5.74, 6) is 0.233. The van der Waals surface area contributed by atoms with Gasteiger partial charge in [0.1, 0.15) is 0 Å². The van der Waals surface area contributed by atoms with E-state index in [1.807, 2.05) is 27.7 Å². The molecule has 0 N–H and O–H groups in total. The summed E-state index contributed by atoms with van der Waals surface area (Å²) in [6, 6.07) is 0. The Morgan fingerprint density at radius 1 is 0.900 bits per heavy atom. The van der Waals surface area contributed by atoms with Gasteiger partial charge in [0.2, 0.25) is 0 Å². The van der Waals surface area contributed by atoms with Crippen molar-refractivity contribution in [3.8, 4) is 0 Å². The van der Waals surface area contributed by atoms with Gasteiger partial charge in [-0.25, -0.2) is 0 Å². The van der Waals surface area contributed by atoms with E-state index in [1.165, 1.54) is 0 Å². The van der Waals surface area contributed by atoms with E-state index in [1.54, 1.807) is 0 Å². The molecule has 20 heavy (non-hydrogen) atoms. The quantitative estimate of drug-likeness (QED) is 0.385. The largest absolute Gasteiger partial charge is 0.465 e. The Morgan fingerprint density at radius 2 is 1.50 bits per heavy atom. The topological polar surface area (TPSA) is 54.0 Å². The minimum absolute atomic E-state index is 0.149. The van der Waals surface area contributed by atoms with Gasteiger partial charge in [-0.3, -0.25) is 4.79 Å². The number of esters is 1. The molecular formula is C15H30O5. The van der Waals surface area contributed by atoms with Gasteiger partial charge in [0.25, 0.3) is 0 Å². The third-order valence-electron chi connectivity index (χ3n) is 2.30. The Labute approximate surface area is 122 Å². The van der Waals surface area contributed by atoms with Crippen LogP contribution in [0.25, 0.3) is 0 Å². The summed E-state index contributed by atoms with van der Waals surface area (Å²) in [7, 11) is 0. The lowest BCUT2D eigenvalue weighted by atomic mass is 10.2. The van der Waals surface area contributed by atoms with Crippen molar-refractivity contribution < 1.29 is 23.7 Å². The number of rotatable bonds is 13. The molecule has 0 aliphatic carbocycles. The minimum Gasteiger partial charge on any atom is -0.465 e. The second kappa shape index (κ2) is 13.3. The number of hydrogen-bond acceptors (Lipinski definition) is 5. The minimum atomic E-state index is -0.149. The predicted molar refractivity (Wildman–Crippen MR) is 77.8 cm³/mol. The summed E-state index contributed by atoms with van der Waals surface area (Å²) in [5, 5.41) is 0. The van der Waals surface area contributed by atoms with Gasteiger partial charge in [-0.15, -0.1) is 0 Å². The van der Waals surface area contributed by atoms with Crippen LogP contribution < -0.4 is 0 Å². The highest BCUT2D eigenvalue weighted by Crippen LogP contribution is 1.98. The van der Waals surface area contributed by atoms with E-state index in [9.17, 15) is 4.79 Å². The molecule has 0 aromatic carbocycles. The molecule has 0 aliphatic rings. The molecule has 0 bridgehead atoms. The summed E-state index contributed by atoms with van der Waals surface area (Å²) < 4.78 is 21.1. The van der Waals surface area contributed by atoms with Crippen LogP contribution in [-0.2, 0) is 23.7 Å². The molecule has 0 spiro atoms. The molecule has 0 fully saturated rings. The Kier molecular flexibility index (Phi) is 12.9. The predicted octanol–water partition coefficient (Wildman–Crippen LogP) is 2.42. The maximum atomic E-state index is 11.3. The van der Waals surface area contributed by atoms with E-state index in [4.69, 9.17) is 18.9 Å². The van der Waals surface area contributed by atoms with Crippen molar-refractivity contribution in [1.82, 2.24) is 0 Å². The summed E-state index contributed by atoms with van der Waals surface area (Å²) >= 11 is 0. The molecule has 120 valence electrons. The molecule has 0 atom stereocenters. The lowest BCUT2D eigenvalue weighted by Gasteiger charge is -2.09. The van der Waals surface area contributed by atoms with Gasteiger partial charge < -0.3 is 18.9 Å². The Balaban J connectivity index is 3.14. The fraction of sp³-hybridized carbons (Fsp3) is 0.933. The number of carbonyl (C=O) groups excluding carboxylic acids is 1. The van der Waals surface area contributed by atoms with Crippen molar-refractivity contribution in [2.45, 2.75) is 46.6 Å². The van der Waals surface area contributed by atoms with E-state index in [0.717, 1.165) is 0 Å². The van der Waals surface area contributed by atoms with Crippen LogP contribution in [0.15, 0.2) is 0 Å². The molecule has 0 aromatic heterocycles. The average molecular weight is 290 g/mol. The van der Waals surface area contributed by atoms with Crippen molar-refractivity contribution in [3.05, 3.63) is 0 Å². The van der Waals surface area contributed by atoms with Crippen LogP contribution in [0.4, 0.5) is 0 Å². The summed E-state index contributed by atoms with van der Waals surface area (Å²) in [5.41, 5.74) is 0. The van der Waals surface area contributed by atoms with Crippen molar-refractivity contribution in [1.29, 1.82) is 0 Å². The van der Waals surface area contributed by atoms with Gasteiger partial charge >= 0.3 is 5.97 Å². The highest BCUT2D eigenvalue weighted by atomic mass is 16.5. The van der Waals surface area contributed by atoms with Crippen LogP contribution in [0.1, 0.15) is 40.5 Å². The maximum absolute atomic E-state index is 11.3. The van der Waals surface area contributed by atoms with E-state index in [0.29, 0.717) is 58.4 Å². The molecule has 5 nitrogen and oxygen atoms in total.